The van der Waals surface area contributed by atoms with Gasteiger partial charge in [0.05, 0.1) is 31.2 Å². The molecule has 0 heterocycles. The van der Waals surface area contributed by atoms with Gasteiger partial charge in [0, 0.05) is 6.04 Å². The molecule has 2 N–H and O–H groups in total. The van der Waals surface area contributed by atoms with Gasteiger partial charge in [-0.05, 0) is 69.1 Å². The van der Waals surface area contributed by atoms with E-state index in [1.807, 2.05) is 18.2 Å². The van der Waals surface area contributed by atoms with E-state index in [9.17, 15) is 10.1 Å². The maximum Gasteiger partial charge on any atom is 0.317 e. The van der Waals surface area contributed by atoms with Gasteiger partial charge in [-0.25, -0.2) is 0 Å². The van der Waals surface area contributed by atoms with Crippen molar-refractivity contribution in [1.29, 1.82) is 5.26 Å². The van der Waals surface area contributed by atoms with Crippen LogP contribution in [0.4, 0.5) is 0 Å². The lowest BCUT2D eigenvalue weighted by Crippen LogP contribution is -2.43. The van der Waals surface area contributed by atoms with Crippen LogP contribution < -0.4 is 14.8 Å². The van der Waals surface area contributed by atoms with E-state index in [4.69, 9.17) is 14.6 Å². The highest BCUT2D eigenvalue weighted by Crippen LogP contribution is 2.42. The number of methoxy groups -OCH3 is 1. The molecule has 2 aliphatic carbocycles. The predicted molar refractivity (Wildman–Crippen MR) is 101 cm³/mol. The number of hydrogen-bond acceptors (Lipinski definition) is 5. The van der Waals surface area contributed by atoms with E-state index in [0.717, 1.165) is 37.7 Å². The second-order valence-corrected chi connectivity index (χ2v) is 7.65. The van der Waals surface area contributed by atoms with Crippen LogP contribution >= 0.6 is 0 Å². The maximum absolute atomic E-state index is 10.9. The average molecular weight is 372 g/mol. The van der Waals surface area contributed by atoms with Crippen LogP contribution in [-0.4, -0.2) is 36.9 Å². The van der Waals surface area contributed by atoms with E-state index in [1.54, 1.807) is 7.11 Å². The normalized spacial score (nSPS) is 25.7. The number of nitrogens with one attached hydrogen (secondary N) is 1. The van der Waals surface area contributed by atoms with E-state index in [2.05, 4.69) is 11.4 Å². The second-order valence-electron chi connectivity index (χ2n) is 7.65. The molecule has 0 aromatic heterocycles. The van der Waals surface area contributed by atoms with Gasteiger partial charge >= 0.3 is 5.97 Å². The Morgan fingerprint density at radius 2 is 2.07 bits per heavy atom. The quantitative estimate of drug-likeness (QED) is 0.762. The summed E-state index contributed by atoms with van der Waals surface area (Å²) in [5.41, 5.74) is 0.301. The van der Waals surface area contributed by atoms with Crippen LogP contribution in [0.2, 0.25) is 0 Å². The highest BCUT2D eigenvalue weighted by Gasteiger charge is 2.39. The highest BCUT2D eigenvalue weighted by molar-refractivity contribution is 5.69. The molecular weight excluding hydrogens is 344 g/mol. The zero-order valence-electron chi connectivity index (χ0n) is 15.9. The molecule has 27 heavy (non-hydrogen) atoms. The second kappa shape index (κ2) is 8.62. The van der Waals surface area contributed by atoms with E-state index in [0.29, 0.717) is 17.9 Å². The number of ether oxygens (including phenoxy) is 2. The molecule has 0 aliphatic heterocycles. The third kappa shape index (κ3) is 4.54. The number of carboxylic acids is 1. The Hall–Kier alpha value is -2.26. The fourth-order valence-corrected chi connectivity index (χ4v) is 4.36. The number of benzene rings is 1. The Bertz CT molecular complexity index is 709. The summed E-state index contributed by atoms with van der Waals surface area (Å²) in [5, 5.41) is 22.0. The first-order chi connectivity index (χ1) is 13.1. The fourth-order valence-electron chi connectivity index (χ4n) is 4.36. The van der Waals surface area contributed by atoms with Crippen LogP contribution in [0.15, 0.2) is 18.2 Å². The van der Waals surface area contributed by atoms with Crippen molar-refractivity contribution in [2.45, 2.75) is 68.9 Å². The van der Waals surface area contributed by atoms with Crippen molar-refractivity contribution in [3.8, 4) is 17.6 Å². The van der Waals surface area contributed by atoms with Crippen LogP contribution in [0.5, 0.6) is 11.5 Å². The summed E-state index contributed by atoms with van der Waals surface area (Å²) in [6, 6.07) is 8.34. The molecule has 0 saturated heterocycles. The van der Waals surface area contributed by atoms with Crippen molar-refractivity contribution in [3.63, 3.8) is 0 Å². The van der Waals surface area contributed by atoms with Gasteiger partial charge < -0.3 is 19.9 Å². The number of carboxylic acid groups (broad SMARTS) is 1. The zero-order chi connectivity index (χ0) is 19.3. The fraction of sp³-hybridized carbons (Fsp3) is 0.619. The Morgan fingerprint density at radius 1 is 1.30 bits per heavy atom. The monoisotopic (exact) mass is 372 g/mol. The third-order valence-corrected chi connectivity index (χ3v) is 5.82. The van der Waals surface area contributed by atoms with E-state index in [-0.39, 0.29) is 18.7 Å². The summed E-state index contributed by atoms with van der Waals surface area (Å²) in [6.45, 7) is -0.0785. The lowest BCUT2D eigenvalue weighted by molar-refractivity contribution is -0.136. The third-order valence-electron chi connectivity index (χ3n) is 5.82. The first-order valence-electron chi connectivity index (χ1n) is 9.78. The smallest absolute Gasteiger partial charge is 0.317 e. The van der Waals surface area contributed by atoms with Gasteiger partial charge in [0.1, 0.15) is 0 Å². The molecule has 1 aromatic carbocycles. The predicted octanol–water partition coefficient (Wildman–Crippen LogP) is 3.39. The van der Waals surface area contributed by atoms with Crippen molar-refractivity contribution >= 4 is 5.97 Å². The number of carbonyl (C=O) groups is 1. The lowest BCUT2D eigenvalue weighted by atomic mass is 9.68. The molecule has 2 aliphatic rings. The van der Waals surface area contributed by atoms with Crippen LogP contribution in [0.3, 0.4) is 0 Å². The van der Waals surface area contributed by atoms with E-state index >= 15 is 0 Å². The molecule has 2 fully saturated rings. The van der Waals surface area contributed by atoms with Gasteiger partial charge in [-0.1, -0.05) is 6.07 Å². The maximum atomic E-state index is 10.9. The van der Waals surface area contributed by atoms with Crippen molar-refractivity contribution in [2.75, 3.05) is 13.7 Å². The minimum absolute atomic E-state index is 0.0239. The average Bonchev–Trinajstić information content (AvgIpc) is 3.19. The van der Waals surface area contributed by atoms with Crippen LogP contribution in [-0.2, 0) is 10.2 Å². The molecule has 6 nitrogen and oxygen atoms in total. The Balaban J connectivity index is 1.83. The first kappa shape index (κ1) is 19.5. The molecule has 3 rings (SSSR count). The highest BCUT2D eigenvalue weighted by atomic mass is 16.5. The van der Waals surface area contributed by atoms with Crippen LogP contribution in [0.1, 0.15) is 56.9 Å². The standard InChI is InChI=1S/C21H28N2O4/c1-26-18-9-8-15(11-19(18)27-17-6-2-3-7-17)21(14-22)10-4-5-16(12-21)23-13-20(24)25/h8-9,11,16-17,23H,2-7,10,12-13H2,1H3,(H,24,25)/t16-,21+/m1/s1. The number of hydrogen-bond donors (Lipinski definition) is 2. The topological polar surface area (TPSA) is 91.6 Å². The summed E-state index contributed by atoms with van der Waals surface area (Å²) >= 11 is 0. The van der Waals surface area contributed by atoms with Crippen molar-refractivity contribution < 1.29 is 19.4 Å². The zero-order valence-corrected chi connectivity index (χ0v) is 15.9. The molecule has 2 atom stereocenters. The Morgan fingerprint density at radius 3 is 2.74 bits per heavy atom. The van der Waals surface area contributed by atoms with Gasteiger partial charge in [-0.15, -0.1) is 0 Å². The molecule has 0 amide bonds. The summed E-state index contributed by atoms with van der Waals surface area (Å²) < 4.78 is 11.7. The largest absolute Gasteiger partial charge is 0.493 e. The van der Waals surface area contributed by atoms with Gasteiger partial charge in [0.2, 0.25) is 0 Å². The molecule has 2 saturated carbocycles. The molecule has 0 unspecified atom stereocenters. The molecular formula is C21H28N2O4. The molecule has 0 radical (unpaired) electrons. The minimum atomic E-state index is -0.875. The van der Waals surface area contributed by atoms with E-state index in [1.165, 1.54) is 12.8 Å². The van der Waals surface area contributed by atoms with Gasteiger partial charge in [-0.3, -0.25) is 4.79 Å². The van der Waals surface area contributed by atoms with Crippen molar-refractivity contribution in [1.82, 2.24) is 5.32 Å². The molecule has 1 aromatic rings. The molecule has 146 valence electrons. The van der Waals surface area contributed by atoms with Crippen LogP contribution in [0, 0.1) is 11.3 Å². The SMILES string of the molecule is COc1ccc([C@@]2(C#N)CCC[C@@H](NCC(=O)O)C2)cc1OC1CCCC1. The molecule has 6 heteroatoms. The summed E-state index contributed by atoms with van der Waals surface area (Å²) in [4.78, 5) is 10.9. The van der Waals surface area contributed by atoms with Crippen molar-refractivity contribution in [3.05, 3.63) is 23.8 Å². The summed E-state index contributed by atoms with van der Waals surface area (Å²) in [7, 11) is 1.63. The number of rotatable bonds is 7. The van der Waals surface area contributed by atoms with E-state index < -0.39 is 11.4 Å². The number of nitrogens with zero attached hydrogens (tertiary/aromatic N) is 1. The van der Waals surface area contributed by atoms with Crippen molar-refractivity contribution in [2.24, 2.45) is 0 Å². The van der Waals surface area contributed by atoms with Crippen LogP contribution in [0.25, 0.3) is 0 Å². The minimum Gasteiger partial charge on any atom is -0.493 e. The summed E-state index contributed by atoms with van der Waals surface area (Å²) in [6.07, 6.45) is 7.83. The number of nitriles is 1. The van der Waals surface area contributed by atoms with Gasteiger partial charge in [0.15, 0.2) is 11.5 Å². The summed E-state index contributed by atoms with van der Waals surface area (Å²) in [5.74, 6) is 0.520. The number of aliphatic carboxylic acids is 1. The molecule has 0 bridgehead atoms. The Labute approximate surface area is 160 Å². The first-order valence-corrected chi connectivity index (χ1v) is 9.78. The lowest BCUT2D eigenvalue weighted by Gasteiger charge is -2.36. The van der Waals surface area contributed by atoms with Gasteiger partial charge in [-0.2, -0.15) is 5.26 Å². The van der Waals surface area contributed by atoms with Gasteiger partial charge in [0.25, 0.3) is 0 Å². The molecule has 0 spiro atoms. The Kier molecular flexibility index (Phi) is 6.22.